The summed E-state index contributed by atoms with van der Waals surface area (Å²) in [4.78, 5) is 9.89. The average Bonchev–Trinajstić information content (AvgIpc) is 2.27. The van der Waals surface area contributed by atoms with Crippen LogP contribution in [-0.4, -0.2) is 27.8 Å². The topological polar surface area (TPSA) is 110 Å². The molecular formula is C9H12N2O4. The predicted molar refractivity (Wildman–Crippen MR) is 52.4 cm³/mol. The van der Waals surface area contributed by atoms with Gasteiger partial charge >= 0.3 is 5.72 Å². The Balaban J connectivity index is 3.19. The number of hydrogen-bond acceptors (Lipinski definition) is 5. The molecule has 0 heterocycles. The van der Waals surface area contributed by atoms with E-state index in [1.165, 1.54) is 12.1 Å². The lowest BCUT2D eigenvalue weighted by molar-refractivity contribution is -0.640. The molecule has 2 atom stereocenters. The van der Waals surface area contributed by atoms with Gasteiger partial charge in [-0.15, -0.1) is 0 Å². The van der Waals surface area contributed by atoms with Crippen molar-refractivity contribution in [1.82, 2.24) is 0 Å². The summed E-state index contributed by atoms with van der Waals surface area (Å²) in [6.45, 7) is -0.674. The van der Waals surface area contributed by atoms with Gasteiger partial charge in [-0.25, -0.2) is 0 Å². The van der Waals surface area contributed by atoms with Crippen molar-refractivity contribution in [1.29, 1.82) is 0 Å². The second-order valence-corrected chi connectivity index (χ2v) is 3.14. The van der Waals surface area contributed by atoms with Crippen LogP contribution in [0, 0.1) is 10.1 Å². The second-order valence-electron chi connectivity index (χ2n) is 3.14. The van der Waals surface area contributed by atoms with Crippen molar-refractivity contribution in [3.63, 3.8) is 0 Å². The van der Waals surface area contributed by atoms with Gasteiger partial charge in [0.05, 0.1) is 17.1 Å². The summed E-state index contributed by atoms with van der Waals surface area (Å²) in [6.07, 6.45) is 0. The van der Waals surface area contributed by atoms with E-state index in [0.29, 0.717) is 0 Å². The highest BCUT2D eigenvalue weighted by Gasteiger charge is 2.48. The molecule has 0 aliphatic heterocycles. The van der Waals surface area contributed by atoms with Crippen LogP contribution in [0.3, 0.4) is 0 Å². The standard InChI is InChI=1S/C9H12N2O4/c10-8(6-12)9(13,11(14)15)7-4-2-1-3-5-7/h1-5,8,12-13H,6,10H2. The van der Waals surface area contributed by atoms with Gasteiger partial charge < -0.3 is 15.9 Å². The molecule has 1 aromatic rings. The quantitative estimate of drug-likeness (QED) is 0.351. The predicted octanol–water partition coefficient (Wildman–Crippen LogP) is -0.572. The van der Waals surface area contributed by atoms with Gasteiger partial charge in [-0.3, -0.25) is 10.1 Å². The Labute approximate surface area is 86.1 Å². The molecule has 0 aliphatic carbocycles. The normalized spacial score (nSPS) is 16.7. The average molecular weight is 212 g/mol. The van der Waals surface area contributed by atoms with Crippen LogP contribution in [0.25, 0.3) is 0 Å². The monoisotopic (exact) mass is 212 g/mol. The van der Waals surface area contributed by atoms with Gasteiger partial charge in [0.25, 0.3) is 0 Å². The molecule has 6 heteroatoms. The van der Waals surface area contributed by atoms with Gasteiger partial charge in [0.2, 0.25) is 0 Å². The molecule has 1 aromatic carbocycles. The highest BCUT2D eigenvalue weighted by atomic mass is 16.7. The number of aliphatic hydroxyl groups is 2. The molecule has 0 bridgehead atoms. The van der Waals surface area contributed by atoms with Gasteiger partial charge in [-0.2, -0.15) is 0 Å². The van der Waals surface area contributed by atoms with E-state index in [9.17, 15) is 15.2 Å². The Morgan fingerprint density at radius 1 is 1.47 bits per heavy atom. The number of hydrogen-bond donors (Lipinski definition) is 3. The first kappa shape index (κ1) is 11.6. The maximum absolute atomic E-state index is 10.8. The molecule has 0 aromatic heterocycles. The van der Waals surface area contributed by atoms with E-state index in [0.717, 1.165) is 0 Å². The number of nitrogens with two attached hydrogens (primary N) is 1. The zero-order chi connectivity index (χ0) is 11.5. The Kier molecular flexibility index (Phi) is 3.35. The van der Waals surface area contributed by atoms with E-state index in [1.807, 2.05) is 0 Å². The number of aliphatic hydroxyl groups excluding tert-OH is 1. The van der Waals surface area contributed by atoms with Crippen LogP contribution in [0.5, 0.6) is 0 Å². The highest BCUT2D eigenvalue weighted by Crippen LogP contribution is 2.24. The summed E-state index contributed by atoms with van der Waals surface area (Å²) in [7, 11) is 0. The van der Waals surface area contributed by atoms with E-state index in [2.05, 4.69) is 0 Å². The fourth-order valence-corrected chi connectivity index (χ4v) is 1.27. The van der Waals surface area contributed by atoms with E-state index in [-0.39, 0.29) is 5.56 Å². The Morgan fingerprint density at radius 2 is 2.00 bits per heavy atom. The first-order valence-electron chi connectivity index (χ1n) is 4.32. The summed E-state index contributed by atoms with van der Waals surface area (Å²) in [5.41, 5.74) is 2.95. The van der Waals surface area contributed by atoms with Crippen molar-refractivity contribution >= 4 is 0 Å². The van der Waals surface area contributed by atoms with Gasteiger partial charge in [-0.05, 0) is 12.1 Å². The SMILES string of the molecule is NC(CO)C(O)(c1ccccc1)[N+](=O)[O-]. The lowest BCUT2D eigenvalue weighted by Crippen LogP contribution is -2.53. The molecule has 2 unspecified atom stereocenters. The minimum atomic E-state index is -2.45. The van der Waals surface area contributed by atoms with Crippen LogP contribution < -0.4 is 5.73 Å². The van der Waals surface area contributed by atoms with Crippen LogP contribution in [-0.2, 0) is 5.72 Å². The summed E-state index contributed by atoms with van der Waals surface area (Å²) in [6, 6.07) is 6.17. The maximum Gasteiger partial charge on any atom is 0.366 e. The molecule has 1 rings (SSSR count). The maximum atomic E-state index is 10.8. The number of nitro groups is 1. The fourth-order valence-electron chi connectivity index (χ4n) is 1.27. The molecule has 4 N–H and O–H groups in total. The van der Waals surface area contributed by atoms with Crippen LogP contribution >= 0.6 is 0 Å². The van der Waals surface area contributed by atoms with Crippen molar-refractivity contribution in [3.8, 4) is 0 Å². The largest absolute Gasteiger partial charge is 0.394 e. The van der Waals surface area contributed by atoms with Crippen LogP contribution in [0.4, 0.5) is 0 Å². The van der Waals surface area contributed by atoms with E-state index >= 15 is 0 Å². The van der Waals surface area contributed by atoms with Crippen molar-refractivity contribution in [2.24, 2.45) is 5.73 Å². The van der Waals surface area contributed by atoms with Crippen molar-refractivity contribution in [2.75, 3.05) is 6.61 Å². The number of benzene rings is 1. The number of nitrogens with zero attached hydrogens (tertiary/aromatic N) is 1. The van der Waals surface area contributed by atoms with Gasteiger partial charge in [0.1, 0.15) is 6.04 Å². The minimum Gasteiger partial charge on any atom is -0.394 e. The first-order valence-corrected chi connectivity index (χ1v) is 4.32. The van der Waals surface area contributed by atoms with E-state index < -0.39 is 23.3 Å². The van der Waals surface area contributed by atoms with Crippen molar-refractivity contribution in [2.45, 2.75) is 11.8 Å². The molecule has 0 fully saturated rings. The lowest BCUT2D eigenvalue weighted by Gasteiger charge is -2.24. The van der Waals surface area contributed by atoms with Crippen LogP contribution in [0.1, 0.15) is 5.56 Å². The molecule has 0 saturated heterocycles. The molecule has 0 spiro atoms. The van der Waals surface area contributed by atoms with E-state index in [4.69, 9.17) is 10.8 Å². The lowest BCUT2D eigenvalue weighted by atomic mass is 9.96. The molecule has 6 nitrogen and oxygen atoms in total. The Hall–Kier alpha value is -1.50. The molecule has 0 saturated carbocycles. The Morgan fingerprint density at radius 3 is 2.40 bits per heavy atom. The third-order valence-electron chi connectivity index (χ3n) is 2.19. The van der Waals surface area contributed by atoms with Gasteiger partial charge in [0, 0.05) is 0 Å². The van der Waals surface area contributed by atoms with Crippen molar-refractivity contribution in [3.05, 3.63) is 46.0 Å². The third-order valence-corrected chi connectivity index (χ3v) is 2.19. The summed E-state index contributed by atoms with van der Waals surface area (Å²) < 4.78 is 0. The van der Waals surface area contributed by atoms with Crippen molar-refractivity contribution < 1.29 is 15.1 Å². The van der Waals surface area contributed by atoms with Gasteiger partial charge in [0.15, 0.2) is 0 Å². The molecule has 15 heavy (non-hydrogen) atoms. The molecule has 0 radical (unpaired) electrons. The summed E-state index contributed by atoms with van der Waals surface area (Å²) >= 11 is 0. The first-order chi connectivity index (χ1) is 7.03. The highest BCUT2D eigenvalue weighted by molar-refractivity contribution is 5.21. The second kappa shape index (κ2) is 4.35. The molecular weight excluding hydrogens is 200 g/mol. The van der Waals surface area contributed by atoms with E-state index in [1.54, 1.807) is 18.2 Å². The zero-order valence-corrected chi connectivity index (χ0v) is 7.91. The summed E-state index contributed by atoms with van der Waals surface area (Å²) in [5, 5.41) is 29.4. The smallest absolute Gasteiger partial charge is 0.366 e. The molecule has 0 aliphatic rings. The summed E-state index contributed by atoms with van der Waals surface area (Å²) in [5.74, 6) is 0. The van der Waals surface area contributed by atoms with Crippen LogP contribution in [0.2, 0.25) is 0 Å². The minimum absolute atomic E-state index is 0.0524. The molecule has 0 amide bonds. The molecule has 82 valence electrons. The number of rotatable bonds is 4. The van der Waals surface area contributed by atoms with Gasteiger partial charge in [-0.1, -0.05) is 18.2 Å². The Bertz CT molecular complexity index is 343. The fraction of sp³-hybridized carbons (Fsp3) is 0.333. The third kappa shape index (κ3) is 1.96. The zero-order valence-electron chi connectivity index (χ0n) is 7.91. The van der Waals surface area contributed by atoms with Crippen LogP contribution in [0.15, 0.2) is 30.3 Å².